The molecule has 0 bridgehead atoms. The lowest BCUT2D eigenvalue weighted by molar-refractivity contribution is 0.306. The molecule has 4 heteroatoms. The lowest BCUT2D eigenvalue weighted by Crippen LogP contribution is -2.19. The summed E-state index contributed by atoms with van der Waals surface area (Å²) in [4.78, 5) is 4.18. The maximum Gasteiger partial charge on any atom is 0.122 e. The van der Waals surface area contributed by atoms with Crippen LogP contribution in [0, 0.1) is 0 Å². The zero-order chi connectivity index (χ0) is 7.68. The average Bonchev–Trinajstić information content (AvgIpc) is 2.32. The van der Waals surface area contributed by atoms with Crippen LogP contribution < -0.4 is 5.73 Å². The third-order valence-corrected chi connectivity index (χ3v) is 2.40. The third-order valence-electron chi connectivity index (χ3n) is 2.40. The zero-order valence-electron chi connectivity index (χ0n) is 6.94. The summed E-state index contributed by atoms with van der Waals surface area (Å²) in [5.74, 6) is 1.02. The molecule has 0 spiro atoms. The van der Waals surface area contributed by atoms with Gasteiger partial charge in [0.05, 0.1) is 6.54 Å². The van der Waals surface area contributed by atoms with Gasteiger partial charge in [0.15, 0.2) is 0 Å². The van der Waals surface area contributed by atoms with E-state index in [4.69, 9.17) is 5.73 Å². The summed E-state index contributed by atoms with van der Waals surface area (Å²) >= 11 is 0. The lowest BCUT2D eigenvalue weighted by Gasteiger charge is -2.28. The number of nitrogens with zero attached hydrogens (tertiary/aromatic N) is 2. The van der Waals surface area contributed by atoms with Gasteiger partial charge in [0.2, 0.25) is 0 Å². The van der Waals surface area contributed by atoms with E-state index < -0.39 is 0 Å². The van der Waals surface area contributed by atoms with Gasteiger partial charge >= 0.3 is 0 Å². The van der Waals surface area contributed by atoms with Gasteiger partial charge < -0.3 is 10.3 Å². The predicted octanol–water partition coefficient (Wildman–Crippen LogP) is 1.49. The van der Waals surface area contributed by atoms with Crippen LogP contribution in [0.15, 0.2) is 12.4 Å². The molecule has 1 aliphatic carbocycles. The van der Waals surface area contributed by atoms with Crippen molar-refractivity contribution in [3.8, 4) is 0 Å². The molecule has 0 atom stereocenters. The van der Waals surface area contributed by atoms with Crippen LogP contribution in [0.1, 0.15) is 31.1 Å². The van der Waals surface area contributed by atoms with E-state index in [0.29, 0.717) is 12.6 Å². The zero-order valence-corrected chi connectivity index (χ0v) is 7.76. The first-order chi connectivity index (χ1) is 5.42. The topological polar surface area (TPSA) is 43.8 Å². The molecule has 0 amide bonds. The van der Waals surface area contributed by atoms with Gasteiger partial charge in [-0.1, -0.05) is 0 Å². The molecule has 0 radical (unpaired) electrons. The second-order valence-corrected chi connectivity index (χ2v) is 3.04. The molecule has 0 unspecified atom stereocenters. The highest BCUT2D eigenvalue weighted by Crippen LogP contribution is 2.31. The minimum absolute atomic E-state index is 0. The molecule has 1 aromatic rings. The van der Waals surface area contributed by atoms with Crippen molar-refractivity contribution < 1.29 is 0 Å². The third kappa shape index (κ3) is 1.47. The highest BCUT2D eigenvalue weighted by molar-refractivity contribution is 5.85. The Hall–Kier alpha value is -0.540. The van der Waals surface area contributed by atoms with E-state index in [0.717, 1.165) is 5.82 Å². The quantitative estimate of drug-likeness (QED) is 0.763. The van der Waals surface area contributed by atoms with E-state index in [1.807, 2.05) is 12.4 Å². The number of hydrogen-bond acceptors (Lipinski definition) is 2. The van der Waals surface area contributed by atoms with Crippen LogP contribution in [0.3, 0.4) is 0 Å². The van der Waals surface area contributed by atoms with E-state index >= 15 is 0 Å². The summed E-state index contributed by atoms with van der Waals surface area (Å²) in [6, 6.07) is 0.691. The van der Waals surface area contributed by atoms with Gasteiger partial charge in [-0.05, 0) is 19.3 Å². The van der Waals surface area contributed by atoms with Crippen molar-refractivity contribution in [3.05, 3.63) is 18.2 Å². The van der Waals surface area contributed by atoms with Crippen molar-refractivity contribution >= 4 is 12.4 Å². The highest BCUT2D eigenvalue weighted by Gasteiger charge is 2.20. The summed E-state index contributed by atoms with van der Waals surface area (Å²) in [5, 5.41) is 0. The number of hydrogen-bond donors (Lipinski definition) is 1. The Bertz CT molecular complexity index is 242. The number of imidazole rings is 1. The van der Waals surface area contributed by atoms with E-state index in [2.05, 4.69) is 9.55 Å². The fraction of sp³-hybridized carbons (Fsp3) is 0.625. The Morgan fingerprint density at radius 2 is 2.33 bits per heavy atom. The lowest BCUT2D eigenvalue weighted by atomic mass is 9.93. The fourth-order valence-corrected chi connectivity index (χ4v) is 1.50. The van der Waals surface area contributed by atoms with Crippen LogP contribution in [0.5, 0.6) is 0 Å². The van der Waals surface area contributed by atoms with Crippen molar-refractivity contribution in [3.63, 3.8) is 0 Å². The van der Waals surface area contributed by atoms with Crippen molar-refractivity contribution in [2.75, 3.05) is 0 Å². The summed E-state index contributed by atoms with van der Waals surface area (Å²) in [7, 11) is 0. The van der Waals surface area contributed by atoms with Crippen molar-refractivity contribution in [1.82, 2.24) is 9.55 Å². The summed E-state index contributed by atoms with van der Waals surface area (Å²) in [6.07, 6.45) is 7.81. The second kappa shape index (κ2) is 3.92. The highest BCUT2D eigenvalue weighted by atomic mass is 35.5. The van der Waals surface area contributed by atoms with Gasteiger partial charge in [0.25, 0.3) is 0 Å². The van der Waals surface area contributed by atoms with Crippen LogP contribution in [-0.2, 0) is 6.54 Å². The largest absolute Gasteiger partial charge is 0.331 e. The van der Waals surface area contributed by atoms with Crippen molar-refractivity contribution in [2.24, 2.45) is 5.73 Å². The van der Waals surface area contributed by atoms with Crippen LogP contribution >= 0.6 is 12.4 Å². The maximum absolute atomic E-state index is 5.53. The molecule has 1 saturated carbocycles. The van der Waals surface area contributed by atoms with Gasteiger partial charge in [-0.2, -0.15) is 0 Å². The molecule has 0 aliphatic heterocycles. The Kier molecular flexibility index (Phi) is 3.12. The number of nitrogens with two attached hydrogens (primary N) is 1. The SMILES string of the molecule is Cl.NCc1nccn1C1CCC1. The average molecular weight is 188 g/mol. The molecule has 2 rings (SSSR count). The Labute approximate surface area is 78.4 Å². The molecule has 3 nitrogen and oxygen atoms in total. The van der Waals surface area contributed by atoms with Crippen LogP contribution in [0.2, 0.25) is 0 Å². The molecule has 68 valence electrons. The normalized spacial score (nSPS) is 16.8. The first-order valence-electron chi connectivity index (χ1n) is 4.13. The molecule has 1 aliphatic rings. The Morgan fingerprint density at radius 1 is 1.58 bits per heavy atom. The molecule has 1 aromatic heterocycles. The van der Waals surface area contributed by atoms with E-state index in [-0.39, 0.29) is 12.4 Å². The fourth-order valence-electron chi connectivity index (χ4n) is 1.50. The number of rotatable bonds is 2. The van der Waals surface area contributed by atoms with Gasteiger partial charge in [0, 0.05) is 18.4 Å². The monoisotopic (exact) mass is 187 g/mol. The van der Waals surface area contributed by atoms with Crippen molar-refractivity contribution in [2.45, 2.75) is 31.8 Å². The first kappa shape index (κ1) is 9.55. The molecular formula is C8H14ClN3. The maximum atomic E-state index is 5.53. The van der Waals surface area contributed by atoms with Gasteiger partial charge in [-0.15, -0.1) is 12.4 Å². The van der Waals surface area contributed by atoms with E-state index in [1.165, 1.54) is 19.3 Å². The van der Waals surface area contributed by atoms with E-state index in [9.17, 15) is 0 Å². The summed E-state index contributed by atoms with van der Waals surface area (Å²) in [6.45, 7) is 0.559. The molecule has 1 heterocycles. The molecular weight excluding hydrogens is 174 g/mol. The van der Waals surface area contributed by atoms with Crippen molar-refractivity contribution in [1.29, 1.82) is 0 Å². The van der Waals surface area contributed by atoms with Gasteiger partial charge in [-0.25, -0.2) is 4.98 Å². The van der Waals surface area contributed by atoms with E-state index in [1.54, 1.807) is 0 Å². The standard InChI is InChI=1S/C8H13N3.ClH/c9-6-8-10-4-5-11(8)7-2-1-3-7;/h4-5,7H,1-3,6,9H2;1H. The summed E-state index contributed by atoms with van der Waals surface area (Å²) < 4.78 is 2.21. The van der Waals surface area contributed by atoms with Crippen LogP contribution in [0.25, 0.3) is 0 Å². The second-order valence-electron chi connectivity index (χ2n) is 3.04. The minimum Gasteiger partial charge on any atom is -0.331 e. The molecule has 2 N–H and O–H groups in total. The Morgan fingerprint density at radius 3 is 2.83 bits per heavy atom. The Balaban J connectivity index is 0.000000720. The van der Waals surface area contributed by atoms with Gasteiger partial charge in [0.1, 0.15) is 5.82 Å². The predicted molar refractivity (Wildman–Crippen MR) is 50.3 cm³/mol. The number of halogens is 1. The first-order valence-corrected chi connectivity index (χ1v) is 4.13. The van der Waals surface area contributed by atoms with Crippen LogP contribution in [-0.4, -0.2) is 9.55 Å². The van der Waals surface area contributed by atoms with Crippen LogP contribution in [0.4, 0.5) is 0 Å². The number of aromatic nitrogens is 2. The van der Waals surface area contributed by atoms with Gasteiger partial charge in [-0.3, -0.25) is 0 Å². The molecule has 0 saturated heterocycles. The molecule has 0 aromatic carbocycles. The minimum atomic E-state index is 0. The molecule has 12 heavy (non-hydrogen) atoms. The summed E-state index contributed by atoms with van der Waals surface area (Å²) in [5.41, 5.74) is 5.53. The smallest absolute Gasteiger partial charge is 0.122 e. The molecule has 1 fully saturated rings.